The van der Waals surface area contributed by atoms with Crippen LogP contribution >= 0.6 is 0 Å². The highest BCUT2D eigenvalue weighted by Gasteiger charge is 2.54. The van der Waals surface area contributed by atoms with Gasteiger partial charge in [0.05, 0.1) is 6.10 Å². The summed E-state index contributed by atoms with van der Waals surface area (Å²) in [6, 6.07) is 0. The number of alkyl halides is 3. The number of aliphatic hydroxyl groups excluding tert-OH is 1. The first-order chi connectivity index (χ1) is 9.24. The van der Waals surface area contributed by atoms with E-state index in [4.69, 9.17) is 9.47 Å². The van der Waals surface area contributed by atoms with Crippen LogP contribution in [0.3, 0.4) is 0 Å². The molecule has 2 aliphatic rings. The summed E-state index contributed by atoms with van der Waals surface area (Å²) in [7, 11) is 1.22. The number of methoxy groups -OCH3 is 1. The van der Waals surface area contributed by atoms with Crippen molar-refractivity contribution in [2.24, 2.45) is 23.7 Å². The Hall–Kier alpha value is -0.330. The van der Waals surface area contributed by atoms with Gasteiger partial charge in [0, 0.05) is 13.0 Å². The Balaban J connectivity index is 2.17. The quantitative estimate of drug-likeness (QED) is 0.796. The molecule has 1 heterocycles. The van der Waals surface area contributed by atoms with Crippen molar-refractivity contribution in [3.8, 4) is 0 Å². The summed E-state index contributed by atoms with van der Waals surface area (Å²) in [5, 5.41) is 9.72. The van der Waals surface area contributed by atoms with Gasteiger partial charge in [-0.05, 0) is 37.0 Å². The highest BCUT2D eigenvalue weighted by molar-refractivity contribution is 4.93. The maximum absolute atomic E-state index is 13.1. The predicted molar refractivity (Wildman–Crippen MR) is 66.9 cm³/mol. The van der Waals surface area contributed by atoms with E-state index in [1.807, 2.05) is 0 Å². The van der Waals surface area contributed by atoms with Crippen LogP contribution in [0.15, 0.2) is 0 Å². The second-order valence-corrected chi connectivity index (χ2v) is 6.35. The van der Waals surface area contributed by atoms with Crippen LogP contribution in [-0.2, 0) is 9.47 Å². The highest BCUT2D eigenvalue weighted by atomic mass is 19.4. The summed E-state index contributed by atoms with van der Waals surface area (Å²) in [6.07, 6.45) is -6.37. The van der Waals surface area contributed by atoms with Crippen molar-refractivity contribution in [2.75, 3.05) is 7.11 Å². The van der Waals surface area contributed by atoms with E-state index >= 15 is 0 Å². The molecule has 1 saturated carbocycles. The van der Waals surface area contributed by atoms with Gasteiger partial charge in [0.2, 0.25) is 0 Å². The van der Waals surface area contributed by atoms with E-state index in [0.717, 1.165) is 6.42 Å². The predicted octanol–water partition coefficient (Wildman–Crippen LogP) is 2.97. The smallest absolute Gasteiger partial charge is 0.368 e. The number of fused-ring (bicyclic) bond motifs is 1. The molecule has 20 heavy (non-hydrogen) atoms. The van der Waals surface area contributed by atoms with Gasteiger partial charge in [-0.3, -0.25) is 0 Å². The Morgan fingerprint density at radius 3 is 2.30 bits per heavy atom. The summed E-state index contributed by atoms with van der Waals surface area (Å²) >= 11 is 0. The second kappa shape index (κ2) is 5.81. The molecule has 0 spiro atoms. The molecule has 0 bridgehead atoms. The SMILES string of the molecule is COC(O)C1CC2CC(C)C(C)CC2OC1C(F)(F)F. The molecule has 0 radical (unpaired) electrons. The highest BCUT2D eigenvalue weighted by Crippen LogP contribution is 2.47. The molecule has 3 nitrogen and oxygen atoms in total. The fraction of sp³-hybridized carbons (Fsp3) is 1.00. The number of rotatable bonds is 2. The molecule has 1 saturated heterocycles. The third-order valence-corrected chi connectivity index (χ3v) is 4.99. The van der Waals surface area contributed by atoms with Crippen LogP contribution in [0.1, 0.15) is 33.1 Å². The first kappa shape index (κ1) is 16.0. The van der Waals surface area contributed by atoms with Crippen LogP contribution in [0.4, 0.5) is 13.2 Å². The van der Waals surface area contributed by atoms with Gasteiger partial charge in [0.15, 0.2) is 12.4 Å². The summed E-state index contributed by atoms with van der Waals surface area (Å²) in [5.41, 5.74) is 0. The van der Waals surface area contributed by atoms with Crippen LogP contribution in [0.2, 0.25) is 0 Å². The van der Waals surface area contributed by atoms with E-state index in [1.54, 1.807) is 0 Å². The van der Waals surface area contributed by atoms with Gasteiger partial charge in [0.25, 0.3) is 0 Å². The molecular formula is C14H23F3O3. The Bertz CT molecular complexity index is 334. The fourth-order valence-corrected chi connectivity index (χ4v) is 3.59. The standard InChI is InChI=1S/C14H23F3O3/c1-7-4-9-6-10(13(18)19-3)12(14(15,16)17)20-11(9)5-8(7)2/h7-13,18H,4-6H2,1-3H3. The number of hydrogen-bond acceptors (Lipinski definition) is 3. The first-order valence-electron chi connectivity index (χ1n) is 7.17. The molecule has 2 rings (SSSR count). The van der Waals surface area contributed by atoms with Crippen LogP contribution in [-0.4, -0.2) is 36.9 Å². The number of hydrogen-bond donors (Lipinski definition) is 1. The van der Waals surface area contributed by atoms with Crippen molar-refractivity contribution in [3.63, 3.8) is 0 Å². The zero-order valence-electron chi connectivity index (χ0n) is 12.1. The number of aliphatic hydroxyl groups is 1. The van der Waals surface area contributed by atoms with Crippen LogP contribution in [0.5, 0.6) is 0 Å². The first-order valence-corrected chi connectivity index (χ1v) is 7.17. The van der Waals surface area contributed by atoms with Crippen molar-refractivity contribution in [1.29, 1.82) is 0 Å². The largest absolute Gasteiger partial charge is 0.415 e. The lowest BCUT2D eigenvalue weighted by Crippen LogP contribution is -2.54. The fourth-order valence-electron chi connectivity index (χ4n) is 3.59. The van der Waals surface area contributed by atoms with E-state index in [-0.39, 0.29) is 12.0 Å². The maximum Gasteiger partial charge on any atom is 0.415 e. The van der Waals surface area contributed by atoms with Crippen LogP contribution in [0.25, 0.3) is 0 Å². The molecule has 0 amide bonds. The van der Waals surface area contributed by atoms with Gasteiger partial charge < -0.3 is 14.6 Å². The van der Waals surface area contributed by atoms with Gasteiger partial charge in [0.1, 0.15) is 0 Å². The Kier molecular flexibility index (Phi) is 4.66. The summed E-state index contributed by atoms with van der Waals surface area (Å²) < 4.78 is 49.4. The van der Waals surface area contributed by atoms with Gasteiger partial charge in [-0.15, -0.1) is 0 Å². The molecular weight excluding hydrogens is 273 g/mol. The molecule has 118 valence electrons. The minimum atomic E-state index is -4.47. The van der Waals surface area contributed by atoms with E-state index in [0.29, 0.717) is 24.7 Å². The van der Waals surface area contributed by atoms with Gasteiger partial charge in [-0.2, -0.15) is 13.2 Å². The van der Waals surface area contributed by atoms with Crippen molar-refractivity contribution in [3.05, 3.63) is 0 Å². The van der Waals surface area contributed by atoms with Crippen molar-refractivity contribution < 1.29 is 27.8 Å². The molecule has 0 aromatic rings. The van der Waals surface area contributed by atoms with Gasteiger partial charge in [-0.1, -0.05) is 13.8 Å². The molecule has 7 unspecified atom stereocenters. The summed E-state index contributed by atoms with van der Waals surface area (Å²) in [4.78, 5) is 0. The third-order valence-electron chi connectivity index (χ3n) is 4.99. The minimum absolute atomic E-state index is 0.0783. The zero-order valence-corrected chi connectivity index (χ0v) is 12.1. The van der Waals surface area contributed by atoms with Crippen molar-refractivity contribution >= 4 is 0 Å². The Morgan fingerprint density at radius 1 is 1.15 bits per heavy atom. The Labute approximate surface area is 117 Å². The van der Waals surface area contributed by atoms with E-state index < -0.39 is 24.5 Å². The van der Waals surface area contributed by atoms with Crippen molar-refractivity contribution in [1.82, 2.24) is 0 Å². The number of ether oxygens (including phenoxy) is 2. The third kappa shape index (κ3) is 3.12. The van der Waals surface area contributed by atoms with Gasteiger partial charge >= 0.3 is 6.18 Å². The summed E-state index contributed by atoms with van der Waals surface area (Å²) in [6.45, 7) is 4.18. The van der Waals surface area contributed by atoms with E-state index in [1.165, 1.54) is 7.11 Å². The molecule has 6 heteroatoms. The lowest BCUT2D eigenvalue weighted by atomic mass is 9.69. The molecule has 0 aromatic carbocycles. The molecule has 1 aliphatic heterocycles. The lowest BCUT2D eigenvalue weighted by molar-refractivity contribution is -0.304. The second-order valence-electron chi connectivity index (χ2n) is 6.35. The molecule has 7 atom stereocenters. The Morgan fingerprint density at radius 2 is 1.75 bits per heavy atom. The average Bonchev–Trinajstić information content (AvgIpc) is 2.37. The maximum atomic E-state index is 13.1. The average molecular weight is 296 g/mol. The number of halogens is 3. The molecule has 0 aromatic heterocycles. The molecule has 1 aliphatic carbocycles. The normalized spacial score (nSPS) is 44.0. The lowest BCUT2D eigenvalue weighted by Gasteiger charge is -2.48. The summed E-state index contributed by atoms with van der Waals surface area (Å²) in [5.74, 6) is -0.117. The monoisotopic (exact) mass is 296 g/mol. The molecule has 2 fully saturated rings. The van der Waals surface area contributed by atoms with E-state index in [9.17, 15) is 18.3 Å². The minimum Gasteiger partial charge on any atom is -0.368 e. The van der Waals surface area contributed by atoms with E-state index in [2.05, 4.69) is 13.8 Å². The zero-order chi connectivity index (χ0) is 15.1. The van der Waals surface area contributed by atoms with Crippen LogP contribution < -0.4 is 0 Å². The topological polar surface area (TPSA) is 38.7 Å². The van der Waals surface area contributed by atoms with Crippen LogP contribution in [0, 0.1) is 23.7 Å². The molecule has 1 N–H and O–H groups in total. The van der Waals surface area contributed by atoms with Gasteiger partial charge in [-0.25, -0.2) is 0 Å². The van der Waals surface area contributed by atoms with Crippen molar-refractivity contribution in [2.45, 2.75) is 57.8 Å².